The van der Waals surface area contributed by atoms with Gasteiger partial charge in [0, 0.05) is 5.92 Å². The number of unbranched alkanes of at least 4 members (excludes halogenated alkanes) is 3. The molecule has 0 aliphatic heterocycles. The van der Waals surface area contributed by atoms with Crippen LogP contribution < -0.4 is 0 Å². The maximum absolute atomic E-state index is 5.67. The summed E-state index contributed by atoms with van der Waals surface area (Å²) in [5.41, 5.74) is 3.36. The Morgan fingerprint density at radius 3 is 2.20 bits per heavy atom. The summed E-state index contributed by atoms with van der Waals surface area (Å²) in [6.07, 6.45) is 6.29. The molecule has 1 atom stereocenters. The van der Waals surface area contributed by atoms with Crippen LogP contribution >= 0.6 is 12.4 Å². The first kappa shape index (κ1) is 21.2. The highest BCUT2D eigenvalue weighted by molar-refractivity contribution is 6.01. The zero-order chi connectivity index (χ0) is 17.0. The number of halogens is 1. The van der Waals surface area contributed by atoms with E-state index in [1.807, 2.05) is 24.3 Å². The molecule has 0 aliphatic carbocycles. The maximum Gasteiger partial charge on any atom is 0.142 e. The quantitative estimate of drug-likeness (QED) is 0.265. The molecule has 136 valence electrons. The Morgan fingerprint density at radius 2 is 1.56 bits per heavy atom. The van der Waals surface area contributed by atoms with Crippen LogP contribution in [0.1, 0.15) is 57.1 Å². The Kier molecular flexibility index (Phi) is 10.7. The van der Waals surface area contributed by atoms with Crippen molar-refractivity contribution in [2.24, 2.45) is 11.1 Å². The summed E-state index contributed by atoms with van der Waals surface area (Å²) < 4.78 is 0. The molecule has 0 aromatic heterocycles. The van der Waals surface area contributed by atoms with Crippen LogP contribution in [0.3, 0.4) is 0 Å². The average molecular weight is 360 g/mol. The third-order valence-corrected chi connectivity index (χ3v) is 4.26. The molecule has 2 nitrogen and oxygen atoms in total. The fourth-order valence-corrected chi connectivity index (χ4v) is 2.80. The van der Waals surface area contributed by atoms with Crippen LogP contribution in [-0.2, 0) is 11.4 Å². The van der Waals surface area contributed by atoms with Gasteiger partial charge < -0.3 is 4.84 Å². The Labute approximate surface area is 158 Å². The van der Waals surface area contributed by atoms with Crippen molar-refractivity contribution in [3.05, 3.63) is 71.8 Å². The van der Waals surface area contributed by atoms with Crippen molar-refractivity contribution in [2.45, 2.75) is 52.6 Å². The third kappa shape index (κ3) is 7.74. The second-order valence-corrected chi connectivity index (χ2v) is 6.35. The van der Waals surface area contributed by atoms with Crippen molar-refractivity contribution in [1.82, 2.24) is 0 Å². The van der Waals surface area contributed by atoms with Crippen molar-refractivity contribution >= 4 is 18.1 Å². The van der Waals surface area contributed by atoms with Crippen LogP contribution in [0.15, 0.2) is 65.8 Å². The Hall–Kier alpha value is -1.80. The van der Waals surface area contributed by atoms with Gasteiger partial charge in [0.25, 0.3) is 0 Å². The largest absolute Gasteiger partial charge is 0.391 e. The van der Waals surface area contributed by atoms with Gasteiger partial charge in [0.1, 0.15) is 6.61 Å². The first-order chi connectivity index (χ1) is 11.8. The lowest BCUT2D eigenvalue weighted by Crippen LogP contribution is -2.13. The number of nitrogens with zero attached hydrogens (tertiary/aromatic N) is 1. The standard InChI is InChI=1S/C22H29NO.ClH/c1-3-4-5-8-13-19(2)22(21-16-11-7-12-17-21)23-24-18-20-14-9-6-10-15-20;/h6-7,9-12,14-17,19H,3-5,8,13,18H2,1-2H3;1H. The summed E-state index contributed by atoms with van der Waals surface area (Å²) in [6, 6.07) is 20.6. The highest BCUT2D eigenvalue weighted by Gasteiger charge is 2.13. The van der Waals surface area contributed by atoms with Gasteiger partial charge >= 0.3 is 0 Å². The van der Waals surface area contributed by atoms with E-state index >= 15 is 0 Å². The molecule has 0 heterocycles. The van der Waals surface area contributed by atoms with E-state index < -0.39 is 0 Å². The molecule has 0 aliphatic rings. The third-order valence-electron chi connectivity index (χ3n) is 4.26. The van der Waals surface area contributed by atoms with Crippen molar-refractivity contribution in [3.8, 4) is 0 Å². The molecule has 0 amide bonds. The van der Waals surface area contributed by atoms with Gasteiger partial charge in [-0.3, -0.25) is 0 Å². The maximum atomic E-state index is 5.67. The van der Waals surface area contributed by atoms with Crippen molar-refractivity contribution in [3.63, 3.8) is 0 Å². The van der Waals surface area contributed by atoms with E-state index in [2.05, 4.69) is 55.4 Å². The van der Waals surface area contributed by atoms with Crippen molar-refractivity contribution in [2.75, 3.05) is 0 Å². The van der Waals surface area contributed by atoms with E-state index in [1.54, 1.807) is 0 Å². The molecule has 0 saturated carbocycles. The summed E-state index contributed by atoms with van der Waals surface area (Å²) in [6.45, 7) is 5.01. The summed E-state index contributed by atoms with van der Waals surface area (Å²) in [4.78, 5) is 5.67. The normalized spacial score (nSPS) is 12.3. The monoisotopic (exact) mass is 359 g/mol. The van der Waals surface area contributed by atoms with Gasteiger partial charge in [0.2, 0.25) is 0 Å². The zero-order valence-corrected chi connectivity index (χ0v) is 16.2. The molecule has 0 N–H and O–H groups in total. The van der Waals surface area contributed by atoms with Gasteiger partial charge in [0.15, 0.2) is 0 Å². The summed E-state index contributed by atoms with van der Waals surface area (Å²) in [5, 5.41) is 4.50. The van der Waals surface area contributed by atoms with E-state index in [4.69, 9.17) is 4.84 Å². The molecule has 0 radical (unpaired) electrons. The SMILES string of the molecule is CCCCCCC(C)C(=NOCc1ccccc1)c1ccccc1.Cl. The first-order valence-electron chi connectivity index (χ1n) is 9.10. The lowest BCUT2D eigenvalue weighted by atomic mass is 9.93. The lowest BCUT2D eigenvalue weighted by molar-refractivity contribution is 0.129. The molecular formula is C22H30ClNO. The van der Waals surface area contributed by atoms with E-state index in [9.17, 15) is 0 Å². The molecule has 2 rings (SSSR count). The van der Waals surface area contributed by atoms with Crippen LogP contribution in [-0.4, -0.2) is 5.71 Å². The van der Waals surface area contributed by atoms with Crippen LogP contribution in [0.2, 0.25) is 0 Å². The van der Waals surface area contributed by atoms with Crippen LogP contribution in [0.5, 0.6) is 0 Å². The van der Waals surface area contributed by atoms with Crippen LogP contribution in [0, 0.1) is 5.92 Å². The number of benzene rings is 2. The van der Waals surface area contributed by atoms with Gasteiger partial charge in [-0.1, -0.05) is 105 Å². The average Bonchev–Trinajstić information content (AvgIpc) is 2.64. The van der Waals surface area contributed by atoms with Crippen LogP contribution in [0.4, 0.5) is 0 Å². The van der Waals surface area contributed by atoms with Gasteiger partial charge in [-0.2, -0.15) is 0 Å². The van der Waals surface area contributed by atoms with E-state index in [0.717, 1.165) is 23.3 Å². The number of oxime groups is 1. The number of rotatable bonds is 10. The van der Waals surface area contributed by atoms with Gasteiger partial charge in [-0.25, -0.2) is 0 Å². The minimum Gasteiger partial charge on any atom is -0.391 e. The van der Waals surface area contributed by atoms with E-state index in [0.29, 0.717) is 12.5 Å². The minimum absolute atomic E-state index is 0. The Balaban J connectivity index is 0.00000312. The summed E-state index contributed by atoms with van der Waals surface area (Å²) in [7, 11) is 0. The first-order valence-corrected chi connectivity index (χ1v) is 9.10. The minimum atomic E-state index is 0. The van der Waals surface area contributed by atoms with Crippen molar-refractivity contribution in [1.29, 1.82) is 0 Å². The van der Waals surface area contributed by atoms with Gasteiger partial charge in [-0.15, -0.1) is 12.4 Å². The summed E-state index contributed by atoms with van der Waals surface area (Å²) >= 11 is 0. The fraction of sp³-hybridized carbons (Fsp3) is 0.409. The molecule has 0 saturated heterocycles. The predicted molar refractivity (Wildman–Crippen MR) is 109 cm³/mol. The Morgan fingerprint density at radius 1 is 0.920 bits per heavy atom. The predicted octanol–water partition coefficient (Wildman–Crippen LogP) is 6.64. The smallest absolute Gasteiger partial charge is 0.142 e. The molecular weight excluding hydrogens is 330 g/mol. The molecule has 25 heavy (non-hydrogen) atoms. The molecule has 2 aromatic carbocycles. The zero-order valence-electron chi connectivity index (χ0n) is 15.4. The lowest BCUT2D eigenvalue weighted by Gasteiger charge is -2.15. The topological polar surface area (TPSA) is 21.6 Å². The van der Waals surface area contributed by atoms with Crippen molar-refractivity contribution < 1.29 is 4.84 Å². The molecule has 0 bridgehead atoms. The Bertz CT molecular complexity index is 598. The number of hydrogen-bond donors (Lipinski definition) is 0. The van der Waals surface area contributed by atoms with Gasteiger partial charge in [0.05, 0.1) is 5.71 Å². The molecule has 0 fully saturated rings. The molecule has 0 spiro atoms. The highest BCUT2D eigenvalue weighted by atomic mass is 35.5. The second kappa shape index (κ2) is 12.5. The van der Waals surface area contributed by atoms with E-state index in [1.165, 1.54) is 25.7 Å². The van der Waals surface area contributed by atoms with Crippen LogP contribution in [0.25, 0.3) is 0 Å². The highest BCUT2D eigenvalue weighted by Crippen LogP contribution is 2.18. The molecule has 3 heteroatoms. The molecule has 1 unspecified atom stereocenters. The summed E-state index contributed by atoms with van der Waals surface area (Å²) in [5.74, 6) is 0.403. The molecule has 2 aromatic rings. The van der Waals surface area contributed by atoms with E-state index in [-0.39, 0.29) is 12.4 Å². The van der Waals surface area contributed by atoms with Gasteiger partial charge in [-0.05, 0) is 17.5 Å². The second-order valence-electron chi connectivity index (χ2n) is 6.35. The number of hydrogen-bond acceptors (Lipinski definition) is 2. The fourth-order valence-electron chi connectivity index (χ4n) is 2.80.